The summed E-state index contributed by atoms with van der Waals surface area (Å²) in [5, 5.41) is 8.49. The van der Waals surface area contributed by atoms with Gasteiger partial charge < -0.3 is 5.11 Å². The lowest BCUT2D eigenvalue weighted by Gasteiger charge is -2.26. The van der Waals surface area contributed by atoms with Crippen molar-refractivity contribution in [2.45, 2.75) is 37.6 Å². The van der Waals surface area contributed by atoms with Crippen LogP contribution in [-0.4, -0.2) is 22.4 Å². The SMILES string of the molecule is O=C(O)CSNC12CCC(CC1)C2. The zero-order valence-electron chi connectivity index (χ0n) is 7.58. The maximum Gasteiger partial charge on any atom is 0.314 e. The monoisotopic (exact) mass is 201 g/mol. The van der Waals surface area contributed by atoms with Crippen LogP contribution in [0.5, 0.6) is 0 Å². The van der Waals surface area contributed by atoms with Gasteiger partial charge in [-0.2, -0.15) is 0 Å². The second kappa shape index (κ2) is 3.50. The van der Waals surface area contributed by atoms with Gasteiger partial charge in [0, 0.05) is 5.54 Å². The van der Waals surface area contributed by atoms with E-state index in [0.29, 0.717) is 5.54 Å². The predicted molar refractivity (Wildman–Crippen MR) is 52.5 cm³/mol. The first-order valence-corrected chi connectivity index (χ1v) is 5.80. The van der Waals surface area contributed by atoms with Gasteiger partial charge in [-0.1, -0.05) is 11.9 Å². The Balaban J connectivity index is 1.77. The second-order valence-corrected chi connectivity index (χ2v) is 4.99. The molecule has 0 aromatic heterocycles. The molecule has 74 valence electrons. The van der Waals surface area contributed by atoms with Crippen LogP contribution < -0.4 is 4.72 Å². The normalized spacial score (nSPS) is 36.8. The number of carboxylic acids is 1. The number of fused-ring (bicyclic) bond motifs is 2. The highest BCUT2D eigenvalue weighted by molar-refractivity contribution is 7.98. The molecular weight excluding hydrogens is 186 g/mol. The Bertz CT molecular complexity index is 212. The average Bonchev–Trinajstić information content (AvgIpc) is 2.62. The van der Waals surface area contributed by atoms with E-state index in [1.807, 2.05) is 0 Å². The molecule has 0 heterocycles. The molecule has 2 aliphatic rings. The van der Waals surface area contributed by atoms with Crippen molar-refractivity contribution in [1.82, 2.24) is 4.72 Å². The highest BCUT2D eigenvalue weighted by Crippen LogP contribution is 2.48. The van der Waals surface area contributed by atoms with Crippen LogP contribution in [0, 0.1) is 5.92 Å². The smallest absolute Gasteiger partial charge is 0.314 e. The van der Waals surface area contributed by atoms with Gasteiger partial charge in [0.1, 0.15) is 5.75 Å². The minimum atomic E-state index is -0.735. The third-order valence-corrected chi connectivity index (χ3v) is 4.19. The molecule has 2 saturated carbocycles. The lowest BCUT2D eigenvalue weighted by molar-refractivity contribution is -0.133. The van der Waals surface area contributed by atoms with Crippen LogP contribution in [0.25, 0.3) is 0 Å². The zero-order chi connectivity index (χ0) is 9.31. The predicted octanol–water partition coefficient (Wildman–Crippen LogP) is 1.64. The van der Waals surface area contributed by atoms with E-state index in [1.165, 1.54) is 44.1 Å². The molecule has 2 bridgehead atoms. The van der Waals surface area contributed by atoms with Gasteiger partial charge in [-0.05, 0) is 38.0 Å². The summed E-state index contributed by atoms with van der Waals surface area (Å²) in [6.07, 6.45) is 6.41. The minimum Gasteiger partial charge on any atom is -0.481 e. The van der Waals surface area contributed by atoms with Crippen LogP contribution in [-0.2, 0) is 4.79 Å². The van der Waals surface area contributed by atoms with Gasteiger partial charge in [-0.25, -0.2) is 0 Å². The number of hydrogen-bond acceptors (Lipinski definition) is 3. The highest BCUT2D eigenvalue weighted by atomic mass is 32.2. The molecule has 3 nitrogen and oxygen atoms in total. The lowest BCUT2D eigenvalue weighted by atomic mass is 9.95. The van der Waals surface area contributed by atoms with Crippen molar-refractivity contribution in [2.75, 3.05) is 5.75 Å². The van der Waals surface area contributed by atoms with E-state index in [9.17, 15) is 4.79 Å². The van der Waals surface area contributed by atoms with Crippen LogP contribution in [0.3, 0.4) is 0 Å². The molecule has 13 heavy (non-hydrogen) atoms. The Morgan fingerprint density at radius 2 is 2.23 bits per heavy atom. The molecule has 2 rings (SSSR count). The van der Waals surface area contributed by atoms with Crippen LogP contribution in [0.4, 0.5) is 0 Å². The van der Waals surface area contributed by atoms with Crippen LogP contribution in [0.15, 0.2) is 0 Å². The summed E-state index contributed by atoms with van der Waals surface area (Å²) < 4.78 is 3.35. The number of carboxylic acid groups (broad SMARTS) is 1. The standard InChI is InChI=1S/C9H15NO2S/c11-8(12)6-13-10-9-3-1-7(5-9)2-4-9/h7,10H,1-6H2,(H,11,12). The molecule has 0 aromatic carbocycles. The summed E-state index contributed by atoms with van der Waals surface area (Å²) in [4.78, 5) is 10.3. The van der Waals surface area contributed by atoms with E-state index in [-0.39, 0.29) is 5.75 Å². The molecule has 0 spiro atoms. The lowest BCUT2D eigenvalue weighted by Crippen LogP contribution is -2.37. The Hall–Kier alpha value is -0.220. The van der Waals surface area contributed by atoms with Gasteiger partial charge in [0.25, 0.3) is 0 Å². The van der Waals surface area contributed by atoms with Crippen molar-refractivity contribution in [3.63, 3.8) is 0 Å². The Morgan fingerprint density at radius 1 is 1.54 bits per heavy atom. The minimum absolute atomic E-state index is 0.173. The first kappa shape index (κ1) is 9.34. The Labute approximate surface area is 82.4 Å². The van der Waals surface area contributed by atoms with Gasteiger partial charge in [0.15, 0.2) is 0 Å². The first-order chi connectivity index (χ1) is 6.20. The van der Waals surface area contributed by atoms with Gasteiger partial charge in [-0.3, -0.25) is 9.52 Å². The summed E-state index contributed by atoms with van der Waals surface area (Å²) in [6, 6.07) is 0. The van der Waals surface area contributed by atoms with Crippen molar-refractivity contribution in [1.29, 1.82) is 0 Å². The van der Waals surface area contributed by atoms with E-state index in [4.69, 9.17) is 5.11 Å². The zero-order valence-corrected chi connectivity index (χ0v) is 8.40. The molecule has 0 unspecified atom stereocenters. The van der Waals surface area contributed by atoms with Gasteiger partial charge in [0.2, 0.25) is 0 Å². The molecule has 0 atom stereocenters. The van der Waals surface area contributed by atoms with Crippen LogP contribution >= 0.6 is 11.9 Å². The van der Waals surface area contributed by atoms with Gasteiger partial charge in [0.05, 0.1) is 0 Å². The summed E-state index contributed by atoms with van der Waals surface area (Å²) in [6.45, 7) is 0. The number of hydrogen-bond donors (Lipinski definition) is 2. The quantitative estimate of drug-likeness (QED) is 0.679. The van der Waals surface area contributed by atoms with Gasteiger partial charge >= 0.3 is 5.97 Å². The fourth-order valence-electron chi connectivity index (χ4n) is 2.59. The van der Waals surface area contributed by atoms with Crippen molar-refractivity contribution in [3.8, 4) is 0 Å². The molecule has 2 aliphatic carbocycles. The van der Waals surface area contributed by atoms with E-state index in [2.05, 4.69) is 4.72 Å². The van der Waals surface area contributed by atoms with E-state index < -0.39 is 5.97 Å². The van der Waals surface area contributed by atoms with Crippen LogP contribution in [0.1, 0.15) is 32.1 Å². The van der Waals surface area contributed by atoms with Gasteiger partial charge in [-0.15, -0.1) is 0 Å². The summed E-state index contributed by atoms with van der Waals surface area (Å²) in [5.74, 6) is 0.353. The molecule has 2 N–H and O–H groups in total. The summed E-state index contributed by atoms with van der Waals surface area (Å²) in [7, 11) is 0. The number of nitrogens with one attached hydrogen (secondary N) is 1. The summed E-state index contributed by atoms with van der Waals surface area (Å²) in [5.41, 5.74) is 0.296. The Morgan fingerprint density at radius 3 is 2.69 bits per heavy atom. The molecule has 0 saturated heterocycles. The maximum absolute atomic E-state index is 10.3. The van der Waals surface area contributed by atoms with Crippen molar-refractivity contribution in [3.05, 3.63) is 0 Å². The molecular formula is C9H15NO2S. The first-order valence-electron chi connectivity index (χ1n) is 4.81. The number of carbonyl (C=O) groups is 1. The van der Waals surface area contributed by atoms with E-state index in [1.54, 1.807) is 0 Å². The fourth-order valence-corrected chi connectivity index (χ4v) is 3.37. The summed E-state index contributed by atoms with van der Waals surface area (Å²) >= 11 is 1.36. The molecule has 0 aromatic rings. The molecule has 0 amide bonds. The maximum atomic E-state index is 10.3. The van der Waals surface area contributed by atoms with E-state index >= 15 is 0 Å². The third-order valence-electron chi connectivity index (χ3n) is 3.23. The van der Waals surface area contributed by atoms with Crippen molar-refractivity contribution >= 4 is 17.9 Å². The largest absolute Gasteiger partial charge is 0.481 e. The fraction of sp³-hybridized carbons (Fsp3) is 0.889. The third kappa shape index (κ3) is 1.99. The van der Waals surface area contributed by atoms with E-state index in [0.717, 1.165) is 5.92 Å². The second-order valence-electron chi connectivity index (χ2n) is 4.21. The number of aliphatic carboxylic acids is 1. The highest BCUT2D eigenvalue weighted by Gasteiger charge is 2.44. The molecule has 0 aliphatic heterocycles. The molecule has 2 fully saturated rings. The Kier molecular flexibility index (Phi) is 2.51. The average molecular weight is 201 g/mol. The van der Waals surface area contributed by atoms with Crippen LogP contribution in [0.2, 0.25) is 0 Å². The molecule has 0 radical (unpaired) electrons. The molecule has 4 heteroatoms. The topological polar surface area (TPSA) is 49.3 Å². The van der Waals surface area contributed by atoms with Crippen molar-refractivity contribution < 1.29 is 9.90 Å². The number of rotatable bonds is 4. The van der Waals surface area contributed by atoms with Crippen molar-refractivity contribution in [2.24, 2.45) is 5.92 Å².